The number of urea groups is 1. The maximum atomic E-state index is 12.6. The van der Waals surface area contributed by atoms with E-state index < -0.39 is 0 Å². The fraction of sp³-hybridized carbons (Fsp3) is 0.474. The Morgan fingerprint density at radius 3 is 3.00 bits per heavy atom. The number of anilines is 1. The molecule has 1 aliphatic heterocycles. The van der Waals surface area contributed by atoms with Crippen molar-refractivity contribution in [2.45, 2.75) is 38.1 Å². The number of nitrogens with zero attached hydrogens (tertiary/aromatic N) is 3. The van der Waals surface area contributed by atoms with Crippen molar-refractivity contribution < 1.29 is 4.79 Å². The molecule has 2 heterocycles. The number of benzene rings is 1. The predicted molar refractivity (Wildman–Crippen MR) is 99.0 cm³/mol. The number of carbonyl (C=O) groups is 1. The molecule has 1 aromatic carbocycles. The van der Waals surface area contributed by atoms with Crippen molar-refractivity contribution in [2.75, 3.05) is 18.4 Å². The maximum absolute atomic E-state index is 12.6. The number of piperidine rings is 1. The second-order valence-corrected chi connectivity index (χ2v) is 7.54. The quantitative estimate of drug-likeness (QED) is 0.882. The van der Waals surface area contributed by atoms with Crippen molar-refractivity contribution >= 4 is 23.3 Å². The third-order valence-corrected chi connectivity index (χ3v) is 5.28. The van der Waals surface area contributed by atoms with Crippen LogP contribution in [0.5, 0.6) is 0 Å². The molecule has 2 aromatic rings. The highest BCUT2D eigenvalue weighted by Crippen LogP contribution is 2.33. The lowest BCUT2D eigenvalue weighted by Gasteiger charge is -2.32. The molecule has 1 N–H and O–H groups in total. The minimum Gasteiger partial charge on any atom is -0.334 e. The van der Waals surface area contributed by atoms with E-state index in [0.29, 0.717) is 17.5 Å². The first-order valence-corrected chi connectivity index (χ1v) is 9.39. The number of hydrogen-bond acceptors (Lipinski definition) is 2. The van der Waals surface area contributed by atoms with Gasteiger partial charge in [-0.2, -0.15) is 0 Å². The van der Waals surface area contributed by atoms with Crippen molar-refractivity contribution in [1.29, 1.82) is 0 Å². The van der Waals surface area contributed by atoms with Crippen LogP contribution in [0.3, 0.4) is 0 Å². The fourth-order valence-corrected chi connectivity index (χ4v) is 3.75. The maximum Gasteiger partial charge on any atom is 0.321 e. The van der Waals surface area contributed by atoms with Gasteiger partial charge >= 0.3 is 6.03 Å². The van der Waals surface area contributed by atoms with Gasteiger partial charge in [-0.1, -0.05) is 17.7 Å². The van der Waals surface area contributed by atoms with Crippen LogP contribution in [0, 0.1) is 5.92 Å². The molecule has 25 heavy (non-hydrogen) atoms. The summed E-state index contributed by atoms with van der Waals surface area (Å²) in [6, 6.07) is 7.20. The van der Waals surface area contributed by atoms with Gasteiger partial charge in [-0.25, -0.2) is 9.78 Å². The van der Waals surface area contributed by atoms with E-state index in [4.69, 9.17) is 11.6 Å². The first-order chi connectivity index (χ1) is 12.2. The molecule has 6 heteroatoms. The van der Waals surface area contributed by atoms with Crippen molar-refractivity contribution in [1.82, 2.24) is 14.5 Å². The van der Waals surface area contributed by atoms with Crippen molar-refractivity contribution in [3.8, 4) is 0 Å². The molecule has 0 unspecified atom stereocenters. The number of nitrogens with one attached hydrogen (secondary N) is 1. The summed E-state index contributed by atoms with van der Waals surface area (Å²) in [5.74, 6) is 2.26. The van der Waals surface area contributed by atoms with Crippen LogP contribution in [0.1, 0.15) is 37.4 Å². The number of likely N-dealkylation sites (tertiary alicyclic amines) is 1. The zero-order valence-corrected chi connectivity index (χ0v) is 15.0. The molecule has 1 aromatic heterocycles. The molecule has 0 radical (unpaired) electrons. The lowest BCUT2D eigenvalue weighted by Crippen LogP contribution is -2.42. The normalized spacial score (nSPS) is 20.5. The van der Waals surface area contributed by atoms with E-state index in [-0.39, 0.29) is 6.03 Å². The third kappa shape index (κ3) is 3.98. The average Bonchev–Trinajstić information content (AvgIpc) is 3.30. The molecule has 1 saturated carbocycles. The van der Waals surface area contributed by atoms with Crippen LogP contribution in [0.4, 0.5) is 10.5 Å². The van der Waals surface area contributed by atoms with Crippen molar-refractivity contribution in [2.24, 2.45) is 5.92 Å². The van der Waals surface area contributed by atoms with Crippen molar-refractivity contribution in [3.05, 3.63) is 47.5 Å². The van der Waals surface area contributed by atoms with Crippen LogP contribution >= 0.6 is 11.6 Å². The van der Waals surface area contributed by atoms with Gasteiger partial charge in [0.25, 0.3) is 0 Å². The van der Waals surface area contributed by atoms with E-state index in [1.54, 1.807) is 12.1 Å². The molecule has 132 valence electrons. The largest absolute Gasteiger partial charge is 0.334 e. The number of imidazole rings is 1. The van der Waals surface area contributed by atoms with E-state index in [1.165, 1.54) is 12.8 Å². The van der Waals surface area contributed by atoms with Crippen LogP contribution < -0.4 is 5.32 Å². The molecule has 1 saturated heterocycles. The second-order valence-electron chi connectivity index (χ2n) is 7.11. The highest BCUT2D eigenvalue weighted by molar-refractivity contribution is 6.30. The summed E-state index contributed by atoms with van der Waals surface area (Å²) in [6.45, 7) is 2.57. The van der Waals surface area contributed by atoms with Crippen LogP contribution in [0.15, 0.2) is 36.7 Å². The number of rotatable bonds is 4. The van der Waals surface area contributed by atoms with E-state index in [0.717, 1.165) is 43.4 Å². The standard InChI is InChI=1S/C19H23ClN4O/c20-16-4-1-5-17(11-16)22-19(25)24-9-2-3-15(13-24)18-21-8-10-23(18)12-14-6-7-14/h1,4-5,8,10-11,14-15H,2-3,6-7,9,12-13H2,(H,22,25)/t15-/m0/s1. The molecule has 2 aliphatic rings. The van der Waals surface area contributed by atoms with Crippen LogP contribution in [-0.2, 0) is 6.54 Å². The molecule has 0 spiro atoms. The minimum atomic E-state index is -0.0627. The Morgan fingerprint density at radius 2 is 2.20 bits per heavy atom. The molecule has 5 nitrogen and oxygen atoms in total. The number of halogens is 1. The van der Waals surface area contributed by atoms with E-state index >= 15 is 0 Å². The SMILES string of the molecule is O=C(Nc1cccc(Cl)c1)N1CCC[C@H](c2nccn2CC2CC2)C1. The molecule has 0 bridgehead atoms. The summed E-state index contributed by atoms with van der Waals surface area (Å²) < 4.78 is 2.29. The molecule has 2 amide bonds. The Kier molecular flexibility index (Phi) is 4.66. The highest BCUT2D eigenvalue weighted by atomic mass is 35.5. The number of aromatic nitrogens is 2. The zero-order chi connectivity index (χ0) is 17.2. The smallest absolute Gasteiger partial charge is 0.321 e. The summed E-state index contributed by atoms with van der Waals surface area (Å²) in [5, 5.41) is 3.57. The minimum absolute atomic E-state index is 0.0627. The molecule has 4 rings (SSSR count). The predicted octanol–water partition coefficient (Wildman–Crippen LogP) is 4.36. The van der Waals surface area contributed by atoms with E-state index in [9.17, 15) is 4.79 Å². The molecule has 1 atom stereocenters. The monoisotopic (exact) mass is 358 g/mol. The van der Waals surface area contributed by atoms with Gasteiger partial charge < -0.3 is 14.8 Å². The van der Waals surface area contributed by atoms with E-state index in [1.807, 2.05) is 23.2 Å². The number of hydrogen-bond donors (Lipinski definition) is 1. The van der Waals surface area contributed by atoms with Gasteiger partial charge in [0.15, 0.2) is 0 Å². The summed E-state index contributed by atoms with van der Waals surface area (Å²) >= 11 is 5.99. The van der Waals surface area contributed by atoms with Crippen molar-refractivity contribution in [3.63, 3.8) is 0 Å². The van der Waals surface area contributed by atoms with Gasteiger partial charge in [0.2, 0.25) is 0 Å². The van der Waals surface area contributed by atoms with Gasteiger partial charge in [-0.15, -0.1) is 0 Å². The summed E-state index contributed by atoms with van der Waals surface area (Å²) in [6.07, 6.45) is 8.72. The summed E-state index contributed by atoms with van der Waals surface area (Å²) in [7, 11) is 0. The summed E-state index contributed by atoms with van der Waals surface area (Å²) in [5.41, 5.74) is 0.731. The number of amides is 2. The lowest BCUT2D eigenvalue weighted by atomic mass is 9.97. The molecule has 1 aliphatic carbocycles. The lowest BCUT2D eigenvalue weighted by molar-refractivity contribution is 0.190. The molecule has 2 fully saturated rings. The Balaban J connectivity index is 1.42. The molecular weight excluding hydrogens is 336 g/mol. The summed E-state index contributed by atoms with van der Waals surface area (Å²) in [4.78, 5) is 19.1. The van der Waals surface area contributed by atoms with E-state index in [2.05, 4.69) is 21.1 Å². The Hall–Kier alpha value is -2.01. The second kappa shape index (κ2) is 7.08. The zero-order valence-electron chi connectivity index (χ0n) is 14.2. The Morgan fingerprint density at radius 1 is 1.32 bits per heavy atom. The van der Waals surface area contributed by atoms with Crippen LogP contribution in [0.25, 0.3) is 0 Å². The van der Waals surface area contributed by atoms with Crippen LogP contribution in [0.2, 0.25) is 5.02 Å². The topological polar surface area (TPSA) is 50.2 Å². The Bertz CT molecular complexity index is 755. The highest BCUT2D eigenvalue weighted by Gasteiger charge is 2.29. The van der Waals surface area contributed by atoms with Gasteiger partial charge in [0.1, 0.15) is 5.82 Å². The average molecular weight is 359 g/mol. The van der Waals surface area contributed by atoms with Crippen LogP contribution in [-0.4, -0.2) is 33.6 Å². The Labute approximate surface area is 153 Å². The van der Waals surface area contributed by atoms with Gasteiger partial charge in [0.05, 0.1) is 0 Å². The molecular formula is C19H23ClN4O. The first kappa shape index (κ1) is 16.5. The van der Waals surface area contributed by atoms with Gasteiger partial charge in [0, 0.05) is 48.7 Å². The fourth-order valence-electron chi connectivity index (χ4n) is 3.55. The number of carbonyl (C=O) groups excluding carboxylic acids is 1. The van der Waals surface area contributed by atoms with Gasteiger partial charge in [-0.3, -0.25) is 0 Å². The third-order valence-electron chi connectivity index (χ3n) is 5.05. The first-order valence-electron chi connectivity index (χ1n) is 9.01. The van der Waals surface area contributed by atoms with Gasteiger partial charge in [-0.05, 0) is 49.8 Å².